The van der Waals surface area contributed by atoms with E-state index in [-0.39, 0.29) is 17.5 Å². The van der Waals surface area contributed by atoms with E-state index < -0.39 is 24.5 Å². The number of urea groups is 1. The molecule has 1 heterocycles. The van der Waals surface area contributed by atoms with Gasteiger partial charge >= 0.3 is 12.0 Å². The van der Waals surface area contributed by atoms with Crippen molar-refractivity contribution in [1.29, 1.82) is 0 Å². The van der Waals surface area contributed by atoms with Crippen molar-refractivity contribution in [2.75, 3.05) is 18.1 Å². The van der Waals surface area contributed by atoms with E-state index in [4.69, 9.17) is 4.74 Å². The van der Waals surface area contributed by atoms with Crippen molar-refractivity contribution in [1.82, 2.24) is 10.6 Å². The smallest absolute Gasteiger partial charge is 0.340 e. The lowest BCUT2D eigenvalue weighted by atomic mass is 10.1. The van der Waals surface area contributed by atoms with Crippen molar-refractivity contribution < 1.29 is 23.9 Å². The van der Waals surface area contributed by atoms with E-state index in [0.29, 0.717) is 18.7 Å². The number of rotatable bonds is 5. The lowest BCUT2D eigenvalue weighted by Gasteiger charge is -2.18. The van der Waals surface area contributed by atoms with Crippen molar-refractivity contribution in [2.24, 2.45) is 0 Å². The second kappa shape index (κ2) is 8.66. The molecule has 8 heteroatoms. The molecule has 0 aromatic heterocycles. The van der Waals surface area contributed by atoms with E-state index in [9.17, 15) is 19.2 Å². The number of imide groups is 1. The fraction of sp³-hybridized carbons (Fsp3) is 0.474. The molecule has 1 aliphatic carbocycles. The third kappa shape index (κ3) is 4.84. The molecule has 0 bridgehead atoms. The van der Waals surface area contributed by atoms with Gasteiger partial charge in [-0.25, -0.2) is 9.59 Å². The molecule has 1 saturated heterocycles. The molecule has 0 spiro atoms. The summed E-state index contributed by atoms with van der Waals surface area (Å²) in [5.41, 5.74) is 0.695. The highest BCUT2D eigenvalue weighted by atomic mass is 16.5. The van der Waals surface area contributed by atoms with Gasteiger partial charge in [0.05, 0.1) is 11.3 Å². The molecule has 1 aliphatic heterocycles. The number of nitrogens with one attached hydrogen (secondary N) is 2. The standard InChI is InChI=1S/C19H23N3O5/c23-16(21-19(26)20-13-6-1-2-7-13)12-27-18(25)14-8-3-4-9-15(14)22-11-5-10-17(22)24/h3-4,8-9,13H,1-2,5-7,10-12H2,(H2,20,21,23,26). The number of ether oxygens (including phenoxy) is 1. The first-order chi connectivity index (χ1) is 13.0. The van der Waals surface area contributed by atoms with E-state index in [1.54, 1.807) is 29.2 Å². The van der Waals surface area contributed by atoms with Crippen molar-refractivity contribution in [3.8, 4) is 0 Å². The van der Waals surface area contributed by atoms with Crippen LogP contribution in [0.4, 0.5) is 10.5 Å². The number of para-hydroxylation sites is 1. The molecule has 0 radical (unpaired) electrons. The van der Waals surface area contributed by atoms with Gasteiger partial charge in [0.25, 0.3) is 5.91 Å². The van der Waals surface area contributed by atoms with E-state index in [2.05, 4.69) is 10.6 Å². The summed E-state index contributed by atoms with van der Waals surface area (Å²) in [5.74, 6) is -1.46. The van der Waals surface area contributed by atoms with Gasteiger partial charge in [-0.3, -0.25) is 14.9 Å². The predicted octanol–water partition coefficient (Wildman–Crippen LogP) is 1.74. The fourth-order valence-electron chi connectivity index (χ4n) is 3.45. The van der Waals surface area contributed by atoms with Crippen LogP contribution >= 0.6 is 0 Å². The van der Waals surface area contributed by atoms with Crippen molar-refractivity contribution >= 4 is 29.5 Å². The van der Waals surface area contributed by atoms with Gasteiger partial charge in [-0.05, 0) is 31.4 Å². The van der Waals surface area contributed by atoms with Crippen molar-refractivity contribution in [3.63, 3.8) is 0 Å². The summed E-state index contributed by atoms with van der Waals surface area (Å²) in [6.45, 7) is -0.0237. The molecule has 3 rings (SSSR count). The average molecular weight is 373 g/mol. The Balaban J connectivity index is 1.52. The molecular formula is C19H23N3O5. The Hall–Kier alpha value is -2.90. The number of benzene rings is 1. The van der Waals surface area contributed by atoms with Crippen LogP contribution < -0.4 is 15.5 Å². The molecule has 2 aliphatic rings. The third-order valence-corrected chi connectivity index (χ3v) is 4.77. The third-order valence-electron chi connectivity index (χ3n) is 4.77. The maximum Gasteiger partial charge on any atom is 0.340 e. The normalized spacial score (nSPS) is 17.0. The Morgan fingerprint density at radius 3 is 2.56 bits per heavy atom. The summed E-state index contributed by atoms with van der Waals surface area (Å²) in [4.78, 5) is 49.5. The topological polar surface area (TPSA) is 105 Å². The van der Waals surface area contributed by atoms with Gasteiger partial charge in [0.15, 0.2) is 6.61 Å². The molecule has 4 amide bonds. The minimum Gasteiger partial charge on any atom is -0.452 e. The van der Waals surface area contributed by atoms with Gasteiger partial charge < -0.3 is 15.0 Å². The minimum atomic E-state index is -0.711. The molecule has 1 aromatic rings. The number of hydrogen-bond donors (Lipinski definition) is 2. The van der Waals surface area contributed by atoms with Crippen molar-refractivity contribution in [3.05, 3.63) is 29.8 Å². The van der Waals surface area contributed by atoms with Crippen LogP contribution in [0.3, 0.4) is 0 Å². The van der Waals surface area contributed by atoms with Crippen LogP contribution in [0.15, 0.2) is 24.3 Å². The highest BCUT2D eigenvalue weighted by Crippen LogP contribution is 2.26. The Labute approximate surface area is 157 Å². The maximum atomic E-state index is 12.4. The molecule has 27 heavy (non-hydrogen) atoms. The van der Waals surface area contributed by atoms with Gasteiger partial charge in [0, 0.05) is 19.0 Å². The number of carbonyl (C=O) groups is 4. The quantitative estimate of drug-likeness (QED) is 0.765. The SMILES string of the molecule is O=C(COC(=O)c1ccccc1N1CCCC1=O)NC(=O)NC1CCCC1. The Bertz CT molecular complexity index is 743. The molecule has 8 nitrogen and oxygen atoms in total. The summed E-state index contributed by atoms with van der Waals surface area (Å²) in [5, 5.41) is 4.88. The molecular weight excluding hydrogens is 350 g/mol. The zero-order valence-electron chi connectivity index (χ0n) is 15.0. The number of esters is 1. The monoisotopic (exact) mass is 373 g/mol. The number of nitrogens with zero attached hydrogens (tertiary/aromatic N) is 1. The second-order valence-electron chi connectivity index (χ2n) is 6.75. The van der Waals surface area contributed by atoms with Gasteiger partial charge in [-0.15, -0.1) is 0 Å². The fourth-order valence-corrected chi connectivity index (χ4v) is 3.45. The van der Waals surface area contributed by atoms with Crippen LogP contribution in [-0.2, 0) is 14.3 Å². The van der Waals surface area contributed by atoms with Crippen LogP contribution in [0.5, 0.6) is 0 Å². The molecule has 144 valence electrons. The Morgan fingerprint density at radius 1 is 1.11 bits per heavy atom. The van der Waals surface area contributed by atoms with Crippen LogP contribution in [0.2, 0.25) is 0 Å². The Morgan fingerprint density at radius 2 is 1.85 bits per heavy atom. The van der Waals surface area contributed by atoms with Crippen LogP contribution in [0.25, 0.3) is 0 Å². The largest absolute Gasteiger partial charge is 0.452 e. The van der Waals surface area contributed by atoms with E-state index in [1.165, 1.54) is 0 Å². The summed E-state index contributed by atoms with van der Waals surface area (Å²) in [6, 6.07) is 6.13. The maximum absolute atomic E-state index is 12.4. The van der Waals surface area contributed by atoms with Gasteiger partial charge in [-0.1, -0.05) is 25.0 Å². The van der Waals surface area contributed by atoms with E-state index in [1.807, 2.05) is 0 Å². The van der Waals surface area contributed by atoms with Crippen LogP contribution in [-0.4, -0.2) is 43.0 Å². The van der Waals surface area contributed by atoms with Gasteiger partial charge in [0.2, 0.25) is 5.91 Å². The number of amides is 4. The lowest BCUT2D eigenvalue weighted by molar-refractivity contribution is -0.123. The molecule has 0 unspecified atom stereocenters. The first-order valence-electron chi connectivity index (χ1n) is 9.21. The minimum absolute atomic E-state index is 0.0448. The van der Waals surface area contributed by atoms with E-state index in [0.717, 1.165) is 32.1 Å². The summed E-state index contributed by atoms with van der Waals surface area (Å²) < 4.78 is 5.03. The summed E-state index contributed by atoms with van der Waals surface area (Å²) >= 11 is 0. The van der Waals surface area contributed by atoms with Crippen LogP contribution in [0.1, 0.15) is 48.9 Å². The second-order valence-corrected chi connectivity index (χ2v) is 6.75. The Kier molecular flexibility index (Phi) is 6.05. The van der Waals surface area contributed by atoms with Gasteiger partial charge in [0.1, 0.15) is 0 Å². The number of anilines is 1. The number of carbonyl (C=O) groups excluding carboxylic acids is 4. The van der Waals surface area contributed by atoms with Crippen molar-refractivity contribution in [2.45, 2.75) is 44.6 Å². The zero-order valence-corrected chi connectivity index (χ0v) is 15.0. The average Bonchev–Trinajstić information content (AvgIpc) is 3.31. The summed E-state index contributed by atoms with van der Waals surface area (Å²) in [6.07, 6.45) is 5.12. The van der Waals surface area contributed by atoms with Crippen LogP contribution in [0, 0.1) is 0 Å². The number of hydrogen-bond acceptors (Lipinski definition) is 5. The highest BCUT2D eigenvalue weighted by molar-refractivity contribution is 6.04. The molecule has 0 atom stereocenters. The first kappa shape index (κ1) is 18.9. The van der Waals surface area contributed by atoms with Gasteiger partial charge in [-0.2, -0.15) is 0 Å². The van der Waals surface area contributed by atoms with E-state index >= 15 is 0 Å². The molecule has 1 saturated carbocycles. The summed E-state index contributed by atoms with van der Waals surface area (Å²) in [7, 11) is 0. The lowest BCUT2D eigenvalue weighted by Crippen LogP contribution is -2.45. The molecule has 1 aromatic carbocycles. The first-order valence-corrected chi connectivity index (χ1v) is 9.21. The molecule has 2 N–H and O–H groups in total. The predicted molar refractivity (Wildman–Crippen MR) is 97.2 cm³/mol. The highest BCUT2D eigenvalue weighted by Gasteiger charge is 2.26. The zero-order chi connectivity index (χ0) is 19.2. The molecule has 2 fully saturated rings.